The molecule has 3 N–H and O–H groups in total. The molecule has 0 spiro atoms. The van der Waals surface area contributed by atoms with E-state index in [1.165, 1.54) is 16.2 Å². The fourth-order valence-electron chi connectivity index (χ4n) is 1.85. The Morgan fingerprint density at radius 2 is 2.25 bits per heavy atom. The van der Waals surface area contributed by atoms with Gasteiger partial charge in [0.2, 0.25) is 5.91 Å². The predicted molar refractivity (Wildman–Crippen MR) is 82.2 cm³/mol. The molecule has 0 bridgehead atoms. The first kappa shape index (κ1) is 16.9. The first-order valence-electron chi connectivity index (χ1n) is 6.39. The van der Waals surface area contributed by atoms with Crippen LogP contribution in [-0.4, -0.2) is 42.9 Å². The van der Waals surface area contributed by atoms with Gasteiger partial charge in [-0.3, -0.25) is 9.59 Å². The number of nitrogens with two attached hydrogens (primary N) is 1. The van der Waals surface area contributed by atoms with Gasteiger partial charge in [0, 0.05) is 19.6 Å². The number of likely N-dealkylation sites (N-methyl/N-ethyl adjacent to an activating group) is 1. The number of nitrogens with one attached hydrogen (secondary N) is 1. The molecular formula is C13H20ClN3O2S. The van der Waals surface area contributed by atoms with E-state index in [2.05, 4.69) is 5.32 Å². The normalized spacial score (nSPS) is 15.1. The van der Waals surface area contributed by atoms with Gasteiger partial charge in [0.25, 0.3) is 5.91 Å². The standard InChI is InChI=1S/C13H19N3O2S.ClH/c1-16(13(18)11-3-2-6-19-11)8-12(17)15-7-10(14)9-4-5-9;/h2-3,6,9-10H,4-5,7-8,14H2,1H3,(H,15,17);1H. The smallest absolute Gasteiger partial charge is 0.264 e. The number of nitrogens with zero attached hydrogens (tertiary/aromatic N) is 1. The molecule has 1 heterocycles. The number of halogens is 1. The number of carbonyl (C=O) groups is 2. The van der Waals surface area contributed by atoms with Gasteiger partial charge < -0.3 is 16.0 Å². The van der Waals surface area contributed by atoms with Gasteiger partial charge in [0.15, 0.2) is 0 Å². The number of hydrogen-bond donors (Lipinski definition) is 2. The van der Waals surface area contributed by atoms with Gasteiger partial charge in [-0.05, 0) is 30.2 Å². The van der Waals surface area contributed by atoms with Crippen molar-refractivity contribution in [3.05, 3.63) is 22.4 Å². The van der Waals surface area contributed by atoms with E-state index in [4.69, 9.17) is 5.73 Å². The summed E-state index contributed by atoms with van der Waals surface area (Å²) < 4.78 is 0. The predicted octanol–water partition coefficient (Wildman–Crippen LogP) is 1.10. The minimum atomic E-state index is -0.163. The molecule has 0 radical (unpaired) electrons. The summed E-state index contributed by atoms with van der Waals surface area (Å²) in [6.07, 6.45) is 2.32. The van der Waals surface area contributed by atoms with Crippen LogP contribution in [0.1, 0.15) is 22.5 Å². The molecule has 1 aromatic heterocycles. The second-order valence-electron chi connectivity index (χ2n) is 4.94. The molecule has 1 fully saturated rings. The van der Waals surface area contributed by atoms with Crippen LogP contribution in [0.4, 0.5) is 0 Å². The number of rotatable bonds is 6. The van der Waals surface area contributed by atoms with Gasteiger partial charge in [0.1, 0.15) is 0 Å². The molecule has 2 rings (SSSR count). The second-order valence-corrected chi connectivity index (χ2v) is 5.89. The van der Waals surface area contributed by atoms with Crippen molar-refractivity contribution in [2.45, 2.75) is 18.9 Å². The van der Waals surface area contributed by atoms with E-state index in [-0.39, 0.29) is 36.8 Å². The molecule has 1 unspecified atom stereocenters. The molecule has 1 aliphatic carbocycles. The third kappa shape index (κ3) is 4.77. The van der Waals surface area contributed by atoms with Gasteiger partial charge in [-0.25, -0.2) is 0 Å². The SMILES string of the molecule is CN(CC(=O)NCC(N)C1CC1)C(=O)c1cccs1.Cl. The summed E-state index contributed by atoms with van der Waals surface area (Å²) in [5.41, 5.74) is 5.90. The topological polar surface area (TPSA) is 75.4 Å². The number of hydrogen-bond acceptors (Lipinski definition) is 4. The van der Waals surface area contributed by atoms with Crippen molar-refractivity contribution in [3.8, 4) is 0 Å². The summed E-state index contributed by atoms with van der Waals surface area (Å²) >= 11 is 1.37. The molecule has 1 aromatic rings. The van der Waals surface area contributed by atoms with E-state index in [1.807, 2.05) is 11.4 Å². The Balaban J connectivity index is 0.00000200. The molecule has 1 atom stereocenters. The van der Waals surface area contributed by atoms with Crippen molar-refractivity contribution in [2.24, 2.45) is 11.7 Å². The van der Waals surface area contributed by atoms with Crippen molar-refractivity contribution in [2.75, 3.05) is 20.1 Å². The lowest BCUT2D eigenvalue weighted by Gasteiger charge is -2.17. The summed E-state index contributed by atoms with van der Waals surface area (Å²) in [7, 11) is 1.63. The molecular weight excluding hydrogens is 298 g/mol. The van der Waals surface area contributed by atoms with Gasteiger partial charge in [0.05, 0.1) is 11.4 Å². The zero-order chi connectivity index (χ0) is 13.8. The van der Waals surface area contributed by atoms with Crippen LogP contribution in [0.15, 0.2) is 17.5 Å². The van der Waals surface area contributed by atoms with E-state index in [9.17, 15) is 9.59 Å². The van der Waals surface area contributed by atoms with Crippen molar-refractivity contribution in [1.29, 1.82) is 0 Å². The molecule has 1 saturated carbocycles. The molecule has 2 amide bonds. The van der Waals surface area contributed by atoms with Crippen molar-refractivity contribution < 1.29 is 9.59 Å². The van der Waals surface area contributed by atoms with Crippen LogP contribution in [0, 0.1) is 5.92 Å². The highest BCUT2D eigenvalue weighted by Crippen LogP contribution is 2.31. The second kappa shape index (κ2) is 7.61. The van der Waals surface area contributed by atoms with Gasteiger partial charge in [-0.2, -0.15) is 0 Å². The maximum atomic E-state index is 11.9. The first-order valence-corrected chi connectivity index (χ1v) is 7.27. The lowest BCUT2D eigenvalue weighted by atomic mass is 10.2. The molecule has 20 heavy (non-hydrogen) atoms. The lowest BCUT2D eigenvalue weighted by molar-refractivity contribution is -0.121. The zero-order valence-corrected chi connectivity index (χ0v) is 13.0. The Bertz CT molecular complexity index is 448. The third-order valence-electron chi connectivity index (χ3n) is 3.22. The lowest BCUT2D eigenvalue weighted by Crippen LogP contribution is -2.43. The van der Waals surface area contributed by atoms with E-state index in [0.29, 0.717) is 17.3 Å². The number of carbonyl (C=O) groups excluding carboxylic acids is 2. The van der Waals surface area contributed by atoms with Crippen LogP contribution in [0.2, 0.25) is 0 Å². The Morgan fingerprint density at radius 3 is 2.80 bits per heavy atom. The Kier molecular flexibility index (Phi) is 6.45. The van der Waals surface area contributed by atoms with Crippen molar-refractivity contribution >= 4 is 35.6 Å². The summed E-state index contributed by atoms with van der Waals surface area (Å²) in [6.45, 7) is 0.554. The van der Waals surface area contributed by atoms with Crippen LogP contribution in [-0.2, 0) is 4.79 Å². The fourth-order valence-corrected chi connectivity index (χ4v) is 2.57. The summed E-state index contributed by atoms with van der Waals surface area (Å²) in [5, 5.41) is 4.62. The average Bonchev–Trinajstić information content (AvgIpc) is 3.10. The summed E-state index contributed by atoms with van der Waals surface area (Å²) in [4.78, 5) is 25.7. The van der Waals surface area contributed by atoms with Crippen molar-refractivity contribution in [3.63, 3.8) is 0 Å². The molecule has 7 heteroatoms. The quantitative estimate of drug-likeness (QED) is 0.825. The highest BCUT2D eigenvalue weighted by molar-refractivity contribution is 7.12. The Morgan fingerprint density at radius 1 is 1.55 bits per heavy atom. The fraction of sp³-hybridized carbons (Fsp3) is 0.538. The molecule has 1 aliphatic rings. The van der Waals surface area contributed by atoms with Gasteiger partial charge >= 0.3 is 0 Å². The van der Waals surface area contributed by atoms with Crippen LogP contribution >= 0.6 is 23.7 Å². The van der Waals surface area contributed by atoms with E-state index >= 15 is 0 Å². The molecule has 112 valence electrons. The minimum absolute atomic E-state index is 0. The number of thiophene rings is 1. The maximum Gasteiger partial charge on any atom is 0.264 e. The first-order chi connectivity index (χ1) is 9.08. The van der Waals surface area contributed by atoms with E-state index in [1.54, 1.807) is 13.1 Å². The van der Waals surface area contributed by atoms with Crippen LogP contribution in [0.3, 0.4) is 0 Å². The molecule has 0 aliphatic heterocycles. The Labute approximate surface area is 128 Å². The van der Waals surface area contributed by atoms with E-state index in [0.717, 1.165) is 12.8 Å². The average molecular weight is 318 g/mol. The maximum absolute atomic E-state index is 11.9. The highest BCUT2D eigenvalue weighted by Gasteiger charge is 2.28. The summed E-state index contributed by atoms with van der Waals surface area (Å²) in [6, 6.07) is 3.62. The van der Waals surface area contributed by atoms with Gasteiger partial charge in [-0.15, -0.1) is 23.7 Å². The van der Waals surface area contributed by atoms with Crippen LogP contribution in [0.5, 0.6) is 0 Å². The molecule has 0 saturated heterocycles. The van der Waals surface area contributed by atoms with Gasteiger partial charge in [-0.1, -0.05) is 6.07 Å². The van der Waals surface area contributed by atoms with E-state index < -0.39 is 0 Å². The van der Waals surface area contributed by atoms with Crippen molar-refractivity contribution in [1.82, 2.24) is 10.2 Å². The minimum Gasteiger partial charge on any atom is -0.353 e. The summed E-state index contributed by atoms with van der Waals surface area (Å²) in [5.74, 6) is 0.269. The third-order valence-corrected chi connectivity index (χ3v) is 4.08. The Hall–Kier alpha value is -1.11. The zero-order valence-electron chi connectivity index (χ0n) is 11.4. The van der Waals surface area contributed by atoms with Crippen LogP contribution < -0.4 is 11.1 Å². The molecule has 5 nitrogen and oxygen atoms in total. The highest BCUT2D eigenvalue weighted by atomic mass is 35.5. The molecule has 0 aromatic carbocycles. The largest absolute Gasteiger partial charge is 0.353 e. The monoisotopic (exact) mass is 317 g/mol. The van der Waals surface area contributed by atoms with Crippen LogP contribution in [0.25, 0.3) is 0 Å². The number of amides is 2.